The number of rotatable bonds is 10. The number of sulfone groups is 1. The Hall–Kier alpha value is -0.520. The number of hydrogen-bond donors (Lipinski definition) is 1. The van der Waals surface area contributed by atoms with Crippen LogP contribution in [0, 0.1) is 0 Å². The van der Waals surface area contributed by atoms with Gasteiger partial charge in [0.25, 0.3) is 0 Å². The van der Waals surface area contributed by atoms with Crippen LogP contribution >= 0.6 is 11.8 Å². The van der Waals surface area contributed by atoms with E-state index in [1.54, 1.807) is 18.7 Å². The molecule has 20 heavy (non-hydrogen) atoms. The lowest BCUT2D eigenvalue weighted by atomic mass is 10.2. The summed E-state index contributed by atoms with van der Waals surface area (Å²) in [5.74, 6) is 1.40. The zero-order chi connectivity index (χ0) is 14.8. The van der Waals surface area contributed by atoms with Crippen LogP contribution < -0.4 is 5.32 Å². The van der Waals surface area contributed by atoms with Crippen LogP contribution in [0.25, 0.3) is 0 Å². The Morgan fingerprint density at radius 3 is 2.45 bits per heavy atom. The monoisotopic (exact) mass is 315 g/mol. The van der Waals surface area contributed by atoms with Crippen molar-refractivity contribution >= 4 is 21.6 Å². The molecular formula is C15H25NO2S2. The van der Waals surface area contributed by atoms with E-state index in [-0.39, 0.29) is 5.75 Å². The summed E-state index contributed by atoms with van der Waals surface area (Å²) in [5.41, 5.74) is 1.29. The average Bonchev–Trinajstić information content (AvgIpc) is 2.45. The number of hydrogen-bond acceptors (Lipinski definition) is 4. The predicted octanol–water partition coefficient (Wildman–Crippen LogP) is 3.10. The van der Waals surface area contributed by atoms with Crippen LogP contribution in [0.1, 0.15) is 32.3 Å². The molecule has 0 saturated carbocycles. The summed E-state index contributed by atoms with van der Waals surface area (Å²) in [7, 11) is -2.82. The molecule has 0 saturated heterocycles. The fraction of sp³-hybridized carbons (Fsp3) is 0.600. The standard InChI is InChI=1S/C15H25NO2S2/c1-3-10-16-13-14-6-8-15(9-7-14)19-11-5-12-20(17,18)4-2/h6-9,16H,3-5,10-13H2,1-2H3. The van der Waals surface area contributed by atoms with Gasteiger partial charge in [-0.05, 0) is 42.8 Å². The molecule has 0 fully saturated rings. The van der Waals surface area contributed by atoms with Gasteiger partial charge in [-0.25, -0.2) is 8.42 Å². The van der Waals surface area contributed by atoms with E-state index in [2.05, 4.69) is 36.5 Å². The molecule has 1 aromatic carbocycles. The van der Waals surface area contributed by atoms with Gasteiger partial charge >= 0.3 is 0 Å². The fourth-order valence-corrected chi connectivity index (χ4v) is 3.63. The second-order valence-corrected chi connectivity index (χ2v) is 8.40. The normalized spacial score (nSPS) is 11.7. The van der Waals surface area contributed by atoms with Crippen molar-refractivity contribution in [2.45, 2.75) is 38.1 Å². The molecule has 0 bridgehead atoms. The summed E-state index contributed by atoms with van der Waals surface area (Å²) >= 11 is 1.72. The molecule has 1 rings (SSSR count). The summed E-state index contributed by atoms with van der Waals surface area (Å²) < 4.78 is 22.7. The molecule has 0 aliphatic rings. The van der Waals surface area contributed by atoms with Gasteiger partial charge in [0, 0.05) is 17.2 Å². The molecule has 0 radical (unpaired) electrons. The highest BCUT2D eigenvalue weighted by molar-refractivity contribution is 7.99. The van der Waals surface area contributed by atoms with E-state index in [1.807, 2.05) is 0 Å². The molecule has 0 amide bonds. The van der Waals surface area contributed by atoms with Crippen molar-refractivity contribution in [3.63, 3.8) is 0 Å². The maximum atomic E-state index is 11.4. The third-order valence-corrected chi connectivity index (χ3v) is 5.88. The minimum atomic E-state index is -2.82. The zero-order valence-electron chi connectivity index (χ0n) is 12.4. The van der Waals surface area contributed by atoms with Gasteiger partial charge in [0.1, 0.15) is 9.84 Å². The minimum Gasteiger partial charge on any atom is -0.313 e. The molecule has 3 nitrogen and oxygen atoms in total. The third kappa shape index (κ3) is 7.31. The Kier molecular flexibility index (Phi) is 8.26. The van der Waals surface area contributed by atoms with Crippen LogP contribution in [0.3, 0.4) is 0 Å². The van der Waals surface area contributed by atoms with Crippen molar-refractivity contribution in [2.75, 3.05) is 23.8 Å². The van der Waals surface area contributed by atoms with E-state index in [0.717, 1.165) is 31.7 Å². The van der Waals surface area contributed by atoms with Crippen molar-refractivity contribution in [1.29, 1.82) is 0 Å². The van der Waals surface area contributed by atoms with Crippen LogP contribution in [0.15, 0.2) is 29.2 Å². The van der Waals surface area contributed by atoms with Gasteiger partial charge in [-0.15, -0.1) is 11.8 Å². The van der Waals surface area contributed by atoms with Gasteiger partial charge in [-0.1, -0.05) is 26.0 Å². The first-order valence-corrected chi connectivity index (χ1v) is 10.0. The highest BCUT2D eigenvalue weighted by Crippen LogP contribution is 2.19. The van der Waals surface area contributed by atoms with E-state index >= 15 is 0 Å². The van der Waals surface area contributed by atoms with E-state index in [4.69, 9.17) is 0 Å². The smallest absolute Gasteiger partial charge is 0.150 e. The molecule has 0 aliphatic heterocycles. The SMILES string of the molecule is CCCNCc1ccc(SCCCS(=O)(=O)CC)cc1. The molecule has 0 spiro atoms. The van der Waals surface area contributed by atoms with Crippen LogP contribution in [-0.2, 0) is 16.4 Å². The Bertz CT molecular complexity index is 469. The van der Waals surface area contributed by atoms with E-state index in [0.29, 0.717) is 5.75 Å². The van der Waals surface area contributed by atoms with Crippen LogP contribution in [0.4, 0.5) is 0 Å². The lowest BCUT2D eigenvalue weighted by molar-refractivity contribution is 0.596. The second kappa shape index (κ2) is 9.42. The highest BCUT2D eigenvalue weighted by Gasteiger charge is 2.06. The van der Waals surface area contributed by atoms with E-state index in [1.165, 1.54) is 10.5 Å². The minimum absolute atomic E-state index is 0.247. The Morgan fingerprint density at radius 1 is 1.15 bits per heavy atom. The van der Waals surface area contributed by atoms with Gasteiger partial charge in [-0.2, -0.15) is 0 Å². The Morgan fingerprint density at radius 2 is 1.85 bits per heavy atom. The Balaban J connectivity index is 2.28. The van der Waals surface area contributed by atoms with Gasteiger partial charge in [0.15, 0.2) is 0 Å². The summed E-state index contributed by atoms with van der Waals surface area (Å²) in [6, 6.07) is 8.49. The third-order valence-electron chi connectivity index (χ3n) is 2.99. The number of nitrogens with one attached hydrogen (secondary N) is 1. The largest absolute Gasteiger partial charge is 0.313 e. The van der Waals surface area contributed by atoms with Crippen molar-refractivity contribution in [3.8, 4) is 0 Å². The molecule has 0 aliphatic carbocycles. The van der Waals surface area contributed by atoms with Crippen molar-refractivity contribution in [1.82, 2.24) is 5.32 Å². The second-order valence-electron chi connectivity index (χ2n) is 4.76. The fourth-order valence-electron chi connectivity index (χ4n) is 1.73. The van der Waals surface area contributed by atoms with Gasteiger partial charge < -0.3 is 5.32 Å². The molecule has 1 aromatic rings. The molecule has 0 heterocycles. The average molecular weight is 316 g/mol. The van der Waals surface area contributed by atoms with Gasteiger partial charge in [0.05, 0.1) is 5.75 Å². The lowest BCUT2D eigenvalue weighted by Crippen LogP contribution is -2.13. The van der Waals surface area contributed by atoms with Crippen molar-refractivity contribution < 1.29 is 8.42 Å². The van der Waals surface area contributed by atoms with Gasteiger partial charge in [-0.3, -0.25) is 0 Å². The first-order chi connectivity index (χ1) is 9.57. The summed E-state index contributed by atoms with van der Waals surface area (Å²) in [4.78, 5) is 1.21. The van der Waals surface area contributed by atoms with E-state index < -0.39 is 9.84 Å². The van der Waals surface area contributed by atoms with Crippen LogP contribution in [0.5, 0.6) is 0 Å². The van der Waals surface area contributed by atoms with Crippen LogP contribution in [-0.4, -0.2) is 32.2 Å². The summed E-state index contributed by atoms with van der Waals surface area (Å²) in [6.45, 7) is 5.81. The number of benzene rings is 1. The van der Waals surface area contributed by atoms with Crippen molar-refractivity contribution in [3.05, 3.63) is 29.8 Å². The van der Waals surface area contributed by atoms with Crippen LogP contribution in [0.2, 0.25) is 0 Å². The maximum Gasteiger partial charge on any atom is 0.150 e. The molecule has 0 unspecified atom stereocenters. The quantitative estimate of drug-likeness (QED) is 0.532. The maximum absolute atomic E-state index is 11.4. The van der Waals surface area contributed by atoms with Crippen molar-refractivity contribution in [2.24, 2.45) is 0 Å². The first-order valence-electron chi connectivity index (χ1n) is 7.20. The zero-order valence-corrected chi connectivity index (χ0v) is 14.0. The molecule has 0 aromatic heterocycles. The molecular weight excluding hydrogens is 290 g/mol. The lowest BCUT2D eigenvalue weighted by Gasteiger charge is -2.05. The highest BCUT2D eigenvalue weighted by atomic mass is 32.2. The molecule has 5 heteroatoms. The summed E-state index contributed by atoms with van der Waals surface area (Å²) in [5, 5.41) is 3.37. The number of thioether (sulfide) groups is 1. The molecule has 0 atom stereocenters. The predicted molar refractivity (Wildman–Crippen MR) is 88.1 cm³/mol. The topological polar surface area (TPSA) is 46.2 Å². The first kappa shape index (κ1) is 17.5. The summed E-state index contributed by atoms with van der Waals surface area (Å²) in [6.07, 6.45) is 1.87. The van der Waals surface area contributed by atoms with Gasteiger partial charge in [0.2, 0.25) is 0 Å². The Labute approximate surface area is 127 Å². The molecule has 1 N–H and O–H groups in total. The van der Waals surface area contributed by atoms with E-state index in [9.17, 15) is 8.42 Å². The molecule has 114 valence electrons.